The number of likely N-dealkylation sites (N-methyl/N-ethyl adjacent to an activating group) is 1. The number of nitrogens with zero attached hydrogens (tertiary/aromatic N) is 2. The molecule has 1 N–H and O–H groups in total. The third kappa shape index (κ3) is 3.43. The molecular formula is C14H29N3. The molecule has 0 amide bonds. The molecule has 0 aromatic carbocycles. The van der Waals surface area contributed by atoms with Crippen LogP contribution in [0.2, 0.25) is 0 Å². The van der Waals surface area contributed by atoms with Gasteiger partial charge in [-0.15, -0.1) is 0 Å². The molecule has 0 bridgehead atoms. The summed E-state index contributed by atoms with van der Waals surface area (Å²) in [6, 6.07) is 2.13. The summed E-state index contributed by atoms with van der Waals surface area (Å²) in [7, 11) is 2.26. The van der Waals surface area contributed by atoms with Gasteiger partial charge in [0.1, 0.15) is 0 Å². The van der Waals surface area contributed by atoms with Gasteiger partial charge >= 0.3 is 0 Å². The molecule has 2 saturated heterocycles. The zero-order valence-corrected chi connectivity index (χ0v) is 11.9. The second-order valence-electron chi connectivity index (χ2n) is 6.33. The Hall–Kier alpha value is -0.120. The molecule has 0 aliphatic carbocycles. The molecule has 0 aromatic rings. The number of piperidine rings is 1. The summed E-state index contributed by atoms with van der Waals surface area (Å²) >= 11 is 0. The Balaban J connectivity index is 1.82. The van der Waals surface area contributed by atoms with Crippen molar-refractivity contribution in [2.45, 2.75) is 51.7 Å². The molecule has 2 aliphatic rings. The lowest BCUT2D eigenvalue weighted by atomic mass is 9.92. The van der Waals surface area contributed by atoms with Crippen molar-refractivity contribution in [1.82, 2.24) is 15.1 Å². The minimum atomic E-state index is 0.706. The summed E-state index contributed by atoms with van der Waals surface area (Å²) in [5.74, 6) is 0.911. The van der Waals surface area contributed by atoms with Crippen LogP contribution in [-0.2, 0) is 0 Å². The van der Waals surface area contributed by atoms with E-state index in [0.717, 1.165) is 12.0 Å². The number of nitrogens with one attached hydrogen (secondary N) is 1. The molecule has 100 valence electrons. The molecule has 3 heteroatoms. The average molecular weight is 239 g/mol. The van der Waals surface area contributed by atoms with Gasteiger partial charge in [0.15, 0.2) is 0 Å². The highest BCUT2D eigenvalue weighted by Crippen LogP contribution is 2.20. The standard InChI is InChI=1S/C14H29N3/c1-11-7-14(5-6-15-11)10-17-8-12(2)16(4)13(3)9-17/h11-15H,5-10H2,1-4H3. The van der Waals surface area contributed by atoms with E-state index >= 15 is 0 Å². The normalized spacial score (nSPS) is 41.6. The first-order valence-electron chi connectivity index (χ1n) is 7.24. The second-order valence-corrected chi connectivity index (χ2v) is 6.33. The zero-order chi connectivity index (χ0) is 12.4. The van der Waals surface area contributed by atoms with Crippen LogP contribution >= 0.6 is 0 Å². The highest BCUT2D eigenvalue weighted by molar-refractivity contribution is 4.85. The van der Waals surface area contributed by atoms with E-state index in [-0.39, 0.29) is 0 Å². The first kappa shape index (κ1) is 13.3. The van der Waals surface area contributed by atoms with Gasteiger partial charge in [-0.25, -0.2) is 0 Å². The van der Waals surface area contributed by atoms with Crippen molar-refractivity contribution in [3.63, 3.8) is 0 Å². The fourth-order valence-electron chi connectivity index (χ4n) is 3.43. The van der Waals surface area contributed by atoms with Gasteiger partial charge < -0.3 is 5.32 Å². The van der Waals surface area contributed by atoms with Gasteiger partial charge in [0.2, 0.25) is 0 Å². The van der Waals surface area contributed by atoms with Crippen LogP contribution in [0.4, 0.5) is 0 Å². The SMILES string of the molecule is CC1CC(CN2CC(C)N(C)C(C)C2)CCN1. The van der Waals surface area contributed by atoms with E-state index in [1.165, 1.54) is 39.0 Å². The predicted octanol–water partition coefficient (Wildman–Crippen LogP) is 1.40. The lowest BCUT2D eigenvalue weighted by Gasteiger charge is -2.44. The van der Waals surface area contributed by atoms with Crippen molar-refractivity contribution in [1.29, 1.82) is 0 Å². The molecule has 4 atom stereocenters. The summed E-state index contributed by atoms with van der Waals surface area (Å²) in [6.07, 6.45) is 2.72. The van der Waals surface area contributed by atoms with E-state index < -0.39 is 0 Å². The molecule has 2 aliphatic heterocycles. The molecule has 0 aromatic heterocycles. The van der Waals surface area contributed by atoms with Crippen LogP contribution in [0.25, 0.3) is 0 Å². The van der Waals surface area contributed by atoms with Crippen molar-refractivity contribution in [2.24, 2.45) is 5.92 Å². The van der Waals surface area contributed by atoms with Gasteiger partial charge in [0, 0.05) is 37.8 Å². The summed E-state index contributed by atoms with van der Waals surface area (Å²) in [4.78, 5) is 5.21. The zero-order valence-electron chi connectivity index (χ0n) is 11.9. The van der Waals surface area contributed by atoms with E-state index in [1.807, 2.05) is 0 Å². The van der Waals surface area contributed by atoms with Gasteiger partial charge in [-0.05, 0) is 53.1 Å². The lowest BCUT2D eigenvalue weighted by molar-refractivity contribution is 0.0458. The molecular weight excluding hydrogens is 210 g/mol. The molecule has 0 saturated carbocycles. The maximum Gasteiger partial charge on any atom is 0.0195 e. The predicted molar refractivity (Wildman–Crippen MR) is 73.3 cm³/mol. The molecule has 0 radical (unpaired) electrons. The quantitative estimate of drug-likeness (QED) is 0.786. The minimum absolute atomic E-state index is 0.706. The Bertz CT molecular complexity index is 232. The molecule has 4 unspecified atom stereocenters. The Kier molecular flexibility index (Phi) is 4.45. The topological polar surface area (TPSA) is 18.5 Å². The van der Waals surface area contributed by atoms with Crippen LogP contribution in [0.5, 0.6) is 0 Å². The van der Waals surface area contributed by atoms with E-state index in [2.05, 4.69) is 42.9 Å². The summed E-state index contributed by atoms with van der Waals surface area (Å²) in [5, 5.41) is 3.55. The van der Waals surface area contributed by atoms with Crippen LogP contribution in [0.15, 0.2) is 0 Å². The van der Waals surface area contributed by atoms with Gasteiger partial charge in [-0.2, -0.15) is 0 Å². The third-order valence-corrected chi connectivity index (χ3v) is 4.68. The second kappa shape index (κ2) is 5.68. The molecule has 2 heterocycles. The number of rotatable bonds is 2. The van der Waals surface area contributed by atoms with Crippen molar-refractivity contribution in [3.8, 4) is 0 Å². The highest BCUT2D eigenvalue weighted by atomic mass is 15.3. The van der Waals surface area contributed by atoms with Crippen LogP contribution in [0, 0.1) is 5.92 Å². The van der Waals surface area contributed by atoms with Gasteiger partial charge in [-0.1, -0.05) is 0 Å². The van der Waals surface area contributed by atoms with Crippen molar-refractivity contribution in [3.05, 3.63) is 0 Å². The first-order chi connectivity index (χ1) is 8.06. The Morgan fingerprint density at radius 3 is 2.35 bits per heavy atom. The largest absolute Gasteiger partial charge is 0.314 e. The highest BCUT2D eigenvalue weighted by Gasteiger charge is 2.28. The number of piperazine rings is 1. The van der Waals surface area contributed by atoms with Crippen molar-refractivity contribution < 1.29 is 0 Å². The maximum atomic E-state index is 3.55. The Labute approximate surface area is 107 Å². The Morgan fingerprint density at radius 1 is 1.12 bits per heavy atom. The molecule has 2 fully saturated rings. The Morgan fingerprint density at radius 2 is 1.76 bits per heavy atom. The third-order valence-electron chi connectivity index (χ3n) is 4.68. The van der Waals surface area contributed by atoms with Gasteiger partial charge in [-0.3, -0.25) is 9.80 Å². The number of hydrogen-bond acceptors (Lipinski definition) is 3. The van der Waals surface area contributed by atoms with E-state index in [0.29, 0.717) is 12.1 Å². The summed E-state index contributed by atoms with van der Waals surface area (Å²) in [5.41, 5.74) is 0. The van der Waals surface area contributed by atoms with Gasteiger partial charge in [0.05, 0.1) is 0 Å². The molecule has 3 nitrogen and oxygen atoms in total. The van der Waals surface area contributed by atoms with Crippen molar-refractivity contribution in [2.75, 3.05) is 33.2 Å². The minimum Gasteiger partial charge on any atom is -0.314 e. The first-order valence-corrected chi connectivity index (χ1v) is 7.24. The van der Waals surface area contributed by atoms with Crippen LogP contribution in [0.3, 0.4) is 0 Å². The summed E-state index contributed by atoms with van der Waals surface area (Å²) < 4.78 is 0. The molecule has 2 rings (SSSR count). The summed E-state index contributed by atoms with van der Waals surface area (Å²) in [6.45, 7) is 12.1. The smallest absolute Gasteiger partial charge is 0.0195 e. The number of hydrogen-bond donors (Lipinski definition) is 1. The fourth-order valence-corrected chi connectivity index (χ4v) is 3.43. The average Bonchev–Trinajstić information content (AvgIpc) is 2.26. The van der Waals surface area contributed by atoms with Crippen LogP contribution < -0.4 is 5.32 Å². The van der Waals surface area contributed by atoms with E-state index in [4.69, 9.17) is 0 Å². The van der Waals surface area contributed by atoms with E-state index in [1.54, 1.807) is 0 Å². The van der Waals surface area contributed by atoms with Crippen LogP contribution in [-0.4, -0.2) is 61.2 Å². The molecule has 17 heavy (non-hydrogen) atoms. The fraction of sp³-hybridized carbons (Fsp3) is 1.00. The monoisotopic (exact) mass is 239 g/mol. The maximum absolute atomic E-state index is 3.55. The lowest BCUT2D eigenvalue weighted by Crippen LogP contribution is -2.56. The van der Waals surface area contributed by atoms with Crippen molar-refractivity contribution >= 4 is 0 Å². The van der Waals surface area contributed by atoms with Gasteiger partial charge in [0.25, 0.3) is 0 Å². The van der Waals surface area contributed by atoms with E-state index in [9.17, 15) is 0 Å². The molecule has 0 spiro atoms. The van der Waals surface area contributed by atoms with Crippen LogP contribution in [0.1, 0.15) is 33.6 Å².